The van der Waals surface area contributed by atoms with E-state index in [1.54, 1.807) is 6.92 Å². The quantitative estimate of drug-likeness (QED) is 0.343. The van der Waals surface area contributed by atoms with E-state index in [2.05, 4.69) is 15.3 Å². The molecule has 0 aliphatic heterocycles. The average Bonchev–Trinajstić information content (AvgIpc) is 3.03. The maximum Gasteiger partial charge on any atom is 0.348 e. The lowest BCUT2D eigenvalue weighted by Gasteiger charge is -2.13. The minimum Gasteiger partial charge on any atom is -0.462 e. The Hall–Kier alpha value is -2.45. The predicted molar refractivity (Wildman–Crippen MR) is 116 cm³/mol. The lowest BCUT2D eigenvalue weighted by Crippen LogP contribution is -2.30. The van der Waals surface area contributed by atoms with Gasteiger partial charge >= 0.3 is 5.97 Å². The van der Waals surface area contributed by atoms with Gasteiger partial charge in [-0.15, -0.1) is 11.3 Å². The molecule has 0 saturated carbocycles. The van der Waals surface area contributed by atoms with Gasteiger partial charge in [-0.2, -0.15) is 0 Å². The molecule has 2 aromatic heterocycles. The molecule has 2 heterocycles. The number of nitrogens with zero attached hydrogens (tertiary/aromatic N) is 2. The fraction of sp³-hybridized carbons (Fsp3) is 0.333. The van der Waals surface area contributed by atoms with Crippen molar-refractivity contribution in [3.63, 3.8) is 0 Å². The molecule has 6 nitrogen and oxygen atoms in total. The standard InChI is InChI=1S/C21H23N3O3S2/c1-5-27-21(26)17-12(2)16-19(23-14(4)24-20(16)29-17)28-13(3)18(25)22-11-15-9-7-6-8-10-15/h6-10,13H,5,11H2,1-4H3,(H,22,25)/t13-/m1/s1. The summed E-state index contributed by atoms with van der Waals surface area (Å²) in [6.07, 6.45) is 0. The maximum atomic E-state index is 12.6. The van der Waals surface area contributed by atoms with E-state index >= 15 is 0 Å². The minimum atomic E-state index is -0.352. The molecule has 8 heteroatoms. The Morgan fingerprint density at radius 3 is 2.62 bits per heavy atom. The van der Waals surface area contributed by atoms with Crippen LogP contribution in [-0.4, -0.2) is 33.7 Å². The molecule has 0 spiro atoms. The smallest absolute Gasteiger partial charge is 0.348 e. The van der Waals surface area contributed by atoms with Crippen LogP contribution >= 0.6 is 23.1 Å². The molecule has 0 bridgehead atoms. The van der Waals surface area contributed by atoms with Crippen LogP contribution in [0.1, 0.15) is 40.5 Å². The summed E-state index contributed by atoms with van der Waals surface area (Å²) >= 11 is 2.68. The van der Waals surface area contributed by atoms with Gasteiger partial charge in [-0.3, -0.25) is 4.79 Å². The van der Waals surface area contributed by atoms with Crippen molar-refractivity contribution >= 4 is 45.2 Å². The number of hydrogen-bond donors (Lipinski definition) is 1. The van der Waals surface area contributed by atoms with Crippen LogP contribution in [0.5, 0.6) is 0 Å². The van der Waals surface area contributed by atoms with Crippen molar-refractivity contribution in [1.82, 2.24) is 15.3 Å². The van der Waals surface area contributed by atoms with Gasteiger partial charge in [0.15, 0.2) is 0 Å². The monoisotopic (exact) mass is 429 g/mol. The van der Waals surface area contributed by atoms with Gasteiger partial charge in [0.05, 0.1) is 11.9 Å². The third kappa shape index (κ3) is 4.94. The largest absolute Gasteiger partial charge is 0.462 e. The van der Waals surface area contributed by atoms with Crippen molar-refractivity contribution in [3.05, 3.63) is 52.2 Å². The van der Waals surface area contributed by atoms with E-state index in [1.165, 1.54) is 23.1 Å². The molecule has 0 radical (unpaired) electrons. The summed E-state index contributed by atoms with van der Waals surface area (Å²) in [4.78, 5) is 35.1. The van der Waals surface area contributed by atoms with Crippen LogP contribution in [0.2, 0.25) is 0 Å². The first-order chi connectivity index (χ1) is 13.9. The van der Waals surface area contributed by atoms with Gasteiger partial charge in [-0.25, -0.2) is 14.8 Å². The molecule has 1 aromatic carbocycles. The highest BCUT2D eigenvalue weighted by Gasteiger charge is 2.23. The number of carbonyl (C=O) groups is 2. The van der Waals surface area contributed by atoms with Crippen molar-refractivity contribution in [3.8, 4) is 0 Å². The number of aryl methyl sites for hydroxylation is 2. The van der Waals surface area contributed by atoms with E-state index in [1.807, 2.05) is 51.1 Å². The SMILES string of the molecule is CCOC(=O)c1sc2nc(C)nc(S[C@H](C)C(=O)NCc3ccccc3)c2c1C. The zero-order valence-electron chi connectivity index (χ0n) is 16.8. The van der Waals surface area contributed by atoms with Crippen LogP contribution in [0.15, 0.2) is 35.4 Å². The first-order valence-electron chi connectivity index (χ1n) is 9.33. The molecule has 1 amide bonds. The number of ether oxygens (including phenoxy) is 1. The topological polar surface area (TPSA) is 81.2 Å². The Morgan fingerprint density at radius 1 is 1.21 bits per heavy atom. The van der Waals surface area contributed by atoms with Gasteiger partial charge in [0, 0.05) is 11.9 Å². The molecule has 0 fully saturated rings. The second kappa shape index (κ2) is 9.37. The number of thiophene rings is 1. The molecule has 0 saturated heterocycles. The Bertz CT molecular complexity index is 1030. The van der Waals surface area contributed by atoms with E-state index < -0.39 is 0 Å². The highest BCUT2D eigenvalue weighted by Crippen LogP contribution is 2.37. The van der Waals surface area contributed by atoms with Gasteiger partial charge in [-0.1, -0.05) is 42.1 Å². The summed E-state index contributed by atoms with van der Waals surface area (Å²) in [6.45, 7) is 8.10. The van der Waals surface area contributed by atoms with Crippen molar-refractivity contribution in [1.29, 1.82) is 0 Å². The van der Waals surface area contributed by atoms with Crippen LogP contribution in [0.25, 0.3) is 10.2 Å². The Morgan fingerprint density at radius 2 is 1.93 bits per heavy atom. The fourth-order valence-corrected chi connectivity index (χ4v) is 5.09. The molecule has 3 rings (SSSR count). The molecule has 3 aromatic rings. The second-order valence-electron chi connectivity index (χ2n) is 6.50. The molecule has 0 aliphatic carbocycles. The zero-order chi connectivity index (χ0) is 21.0. The summed E-state index contributed by atoms with van der Waals surface area (Å²) in [5, 5.41) is 4.14. The van der Waals surface area contributed by atoms with E-state index in [9.17, 15) is 9.59 Å². The van der Waals surface area contributed by atoms with Crippen molar-refractivity contribution in [2.45, 2.75) is 44.5 Å². The summed E-state index contributed by atoms with van der Waals surface area (Å²) < 4.78 is 5.15. The number of esters is 1. The van der Waals surface area contributed by atoms with Crippen LogP contribution in [-0.2, 0) is 16.1 Å². The minimum absolute atomic E-state index is 0.0678. The number of benzene rings is 1. The summed E-state index contributed by atoms with van der Waals surface area (Å²) in [5.74, 6) is 0.186. The van der Waals surface area contributed by atoms with Crippen molar-refractivity contribution < 1.29 is 14.3 Å². The second-order valence-corrected chi connectivity index (χ2v) is 8.82. The van der Waals surface area contributed by atoms with E-state index in [0.29, 0.717) is 28.9 Å². The van der Waals surface area contributed by atoms with E-state index in [0.717, 1.165) is 21.3 Å². The third-order valence-corrected chi connectivity index (χ3v) is 6.55. The molecule has 1 atom stereocenters. The molecular weight excluding hydrogens is 406 g/mol. The van der Waals surface area contributed by atoms with Gasteiger partial charge in [0.2, 0.25) is 5.91 Å². The van der Waals surface area contributed by atoms with Crippen LogP contribution in [0, 0.1) is 13.8 Å². The lowest BCUT2D eigenvalue weighted by molar-refractivity contribution is -0.120. The van der Waals surface area contributed by atoms with Gasteiger partial charge in [0.25, 0.3) is 0 Å². The normalized spacial score (nSPS) is 12.0. The Kier molecular flexibility index (Phi) is 6.87. The third-order valence-electron chi connectivity index (χ3n) is 4.30. The number of rotatable bonds is 7. The van der Waals surface area contributed by atoms with Crippen molar-refractivity contribution in [2.24, 2.45) is 0 Å². The number of amides is 1. The molecule has 0 unspecified atom stereocenters. The van der Waals surface area contributed by atoms with Gasteiger partial charge < -0.3 is 10.1 Å². The number of carbonyl (C=O) groups excluding carboxylic acids is 2. The predicted octanol–water partition coefficient (Wildman–Crippen LogP) is 4.28. The summed E-state index contributed by atoms with van der Waals surface area (Å²) in [7, 11) is 0. The fourth-order valence-electron chi connectivity index (χ4n) is 2.83. The summed E-state index contributed by atoms with van der Waals surface area (Å²) in [5.41, 5.74) is 1.84. The van der Waals surface area contributed by atoms with Crippen LogP contribution in [0.3, 0.4) is 0 Å². The van der Waals surface area contributed by atoms with E-state index in [4.69, 9.17) is 4.74 Å². The number of fused-ring (bicyclic) bond motifs is 1. The molecular formula is C21H23N3O3S2. The van der Waals surface area contributed by atoms with Gasteiger partial charge in [0.1, 0.15) is 20.6 Å². The van der Waals surface area contributed by atoms with Crippen molar-refractivity contribution in [2.75, 3.05) is 6.61 Å². The number of hydrogen-bond acceptors (Lipinski definition) is 7. The van der Waals surface area contributed by atoms with Crippen LogP contribution in [0.4, 0.5) is 0 Å². The zero-order valence-corrected chi connectivity index (χ0v) is 18.4. The Balaban J connectivity index is 1.81. The molecule has 29 heavy (non-hydrogen) atoms. The van der Waals surface area contributed by atoms with Gasteiger partial charge in [-0.05, 0) is 38.8 Å². The molecule has 152 valence electrons. The lowest BCUT2D eigenvalue weighted by atomic mass is 10.2. The van der Waals surface area contributed by atoms with Crippen LogP contribution < -0.4 is 5.32 Å². The Labute approximate surface area is 178 Å². The number of aromatic nitrogens is 2. The molecule has 1 N–H and O–H groups in total. The van der Waals surface area contributed by atoms with E-state index in [-0.39, 0.29) is 17.1 Å². The first kappa shape index (κ1) is 21.3. The number of thioether (sulfide) groups is 1. The highest BCUT2D eigenvalue weighted by molar-refractivity contribution is 8.00. The first-order valence-corrected chi connectivity index (χ1v) is 11.0. The maximum absolute atomic E-state index is 12.6. The number of nitrogens with one attached hydrogen (secondary N) is 1. The highest BCUT2D eigenvalue weighted by atomic mass is 32.2. The average molecular weight is 430 g/mol. The molecule has 0 aliphatic rings. The summed E-state index contributed by atoms with van der Waals surface area (Å²) in [6, 6.07) is 9.78.